The van der Waals surface area contributed by atoms with Crippen LogP contribution in [-0.4, -0.2) is 18.5 Å². The molecule has 15 heteroatoms. The van der Waals surface area contributed by atoms with Crippen LogP contribution >= 0.6 is 15.8 Å². The second kappa shape index (κ2) is 30.7. The van der Waals surface area contributed by atoms with Crippen LogP contribution in [0.4, 0.5) is 13.2 Å². The molecule has 0 amide bonds. The van der Waals surface area contributed by atoms with Crippen LogP contribution in [0, 0.1) is 30.5 Å². The van der Waals surface area contributed by atoms with Crippen molar-refractivity contribution in [3.63, 3.8) is 0 Å². The molecule has 0 fully saturated rings. The van der Waals surface area contributed by atoms with Crippen molar-refractivity contribution in [3.05, 3.63) is 207 Å². The van der Waals surface area contributed by atoms with Gasteiger partial charge in [0.2, 0.25) is 0 Å². The Balaban J connectivity index is 0. The summed E-state index contributed by atoms with van der Waals surface area (Å²) < 4.78 is 81.4. The van der Waals surface area contributed by atoms with Crippen LogP contribution in [0.25, 0.3) is 0 Å². The second-order valence-corrected chi connectivity index (χ2v) is 15.4. The molecule has 0 saturated heterocycles. The third-order valence-corrected chi connectivity index (χ3v) is 11.8. The van der Waals surface area contributed by atoms with E-state index in [1.54, 1.807) is 0 Å². The number of hydrogen-bond donors (Lipinski definition) is 1. The number of alkyl halides is 3. The Labute approximate surface area is 334 Å². The van der Waals surface area contributed by atoms with Gasteiger partial charge >= 0.3 is 39.4 Å². The molecule has 1 N–H and O–H groups in total. The summed E-state index contributed by atoms with van der Waals surface area (Å²) in [6, 6.07) is 64.7. The molecule has 1 radical (unpaired) electrons. The maximum Gasteiger partial charge on any atom is 0 e. The van der Waals surface area contributed by atoms with Gasteiger partial charge in [-0.25, -0.2) is 8.42 Å². The van der Waals surface area contributed by atoms with Crippen LogP contribution in [0.15, 0.2) is 182 Å². The Bertz CT molecular complexity index is 1700. The van der Waals surface area contributed by atoms with E-state index in [4.69, 9.17) is 31.8 Å². The third-order valence-electron chi connectivity index (χ3n) is 6.37. The topological polar surface area (TPSA) is 158 Å². The summed E-state index contributed by atoms with van der Waals surface area (Å²) in [5.41, 5.74) is -1.15. The van der Waals surface area contributed by atoms with Crippen LogP contribution in [0.3, 0.4) is 0 Å². The first-order valence-corrected chi connectivity index (χ1v) is 19.0. The summed E-state index contributed by atoms with van der Waals surface area (Å²) in [7, 11) is -6.98. The monoisotopic (exact) mass is 975 g/mol. The Morgan fingerprint density at radius 2 is 0.527 bits per heavy atom. The fourth-order valence-corrected chi connectivity index (χ4v) is 8.97. The van der Waals surface area contributed by atoms with Gasteiger partial charge in [0.15, 0.2) is 10.1 Å². The molecule has 0 bridgehead atoms. The quantitative estimate of drug-likeness (QED) is 0.0470. The summed E-state index contributed by atoms with van der Waals surface area (Å²) in [6.45, 7) is 13.5. The molecule has 0 unspecified atom stereocenters. The minimum Gasteiger partial charge on any atom is -0.0622 e. The number of benzene rings is 6. The maximum absolute atomic E-state index is 10.7. The van der Waals surface area contributed by atoms with Gasteiger partial charge in [0.25, 0.3) is 0 Å². The van der Waals surface area contributed by atoms with Gasteiger partial charge in [0.05, 0.1) is 0 Å². The summed E-state index contributed by atoms with van der Waals surface area (Å²) in [6.07, 6.45) is 0. The molecule has 6 rings (SSSR count). The molecule has 55 heavy (non-hydrogen) atoms. The summed E-state index contributed by atoms with van der Waals surface area (Å²) in [5, 5.41) is 8.39. The number of rotatable bonds is 6. The molecule has 0 atom stereocenters. The van der Waals surface area contributed by atoms with E-state index in [1.807, 2.05) is 0 Å². The van der Waals surface area contributed by atoms with E-state index in [1.165, 1.54) is 31.8 Å². The van der Waals surface area contributed by atoms with Gasteiger partial charge < -0.3 is 4.55 Å². The van der Waals surface area contributed by atoms with Gasteiger partial charge in [0, 0.05) is 20.4 Å². The van der Waals surface area contributed by atoms with Crippen LogP contribution in [0.5, 0.6) is 0 Å². The molecule has 0 heterocycles. The van der Waals surface area contributed by atoms with E-state index in [0.717, 1.165) is 0 Å². The predicted molar refractivity (Wildman–Crippen MR) is 204 cm³/mol. The van der Waals surface area contributed by atoms with E-state index in [2.05, 4.69) is 208 Å². The first-order valence-electron chi connectivity index (χ1n) is 14.9. The predicted octanol–water partition coefficient (Wildman–Crippen LogP) is 7.16. The van der Waals surface area contributed by atoms with Crippen molar-refractivity contribution in [2.75, 3.05) is 0 Å². The van der Waals surface area contributed by atoms with Crippen LogP contribution in [0.1, 0.15) is 0 Å². The van der Waals surface area contributed by atoms with Gasteiger partial charge in [-0.05, 0) is 47.7 Å². The van der Waals surface area contributed by atoms with Crippen LogP contribution in [-0.2, 0) is 44.5 Å². The number of halogens is 3. The molecule has 0 spiro atoms. The minimum atomic E-state index is -6.09. The molecule has 0 aliphatic heterocycles. The first kappa shape index (κ1) is 52.5. The van der Waals surface area contributed by atoms with E-state index in [9.17, 15) is 13.2 Å². The molecule has 6 aromatic carbocycles. The smallest absolute Gasteiger partial charge is 0 e. The molecule has 8 nitrogen and oxygen atoms in total. The van der Waals surface area contributed by atoms with Crippen molar-refractivity contribution in [3.8, 4) is 0 Å². The molecule has 0 aromatic heterocycles. The summed E-state index contributed by atoms with van der Waals surface area (Å²) in [4.78, 5) is 7.50. The second-order valence-electron chi connectivity index (χ2n) is 9.58. The molecule has 0 aliphatic carbocycles. The molecule has 6 aromatic rings. The normalized spacial score (nSPS) is 9.53. The van der Waals surface area contributed by atoms with Gasteiger partial charge in [-0.2, -0.15) is 18.1 Å². The third kappa shape index (κ3) is 19.0. The largest absolute Gasteiger partial charge is 0.0622 e. The number of nitrogens with one attached hydrogen (secondary N) is 1. The van der Waals surface area contributed by atoms with Gasteiger partial charge in [-0.15, -0.1) is 0 Å². The zero-order valence-corrected chi connectivity index (χ0v) is 33.8. The van der Waals surface area contributed by atoms with Crippen molar-refractivity contribution in [2.45, 2.75) is 5.51 Å². The molecule has 283 valence electrons. The molecule has 0 aliphatic rings. The van der Waals surface area contributed by atoms with E-state index in [0.29, 0.717) is 0 Å². The average Bonchev–Trinajstić information content (AvgIpc) is 3.23. The Hall–Kier alpha value is -4.64. The van der Waals surface area contributed by atoms with E-state index >= 15 is 0 Å². The Morgan fingerprint density at radius 1 is 0.418 bits per heavy atom. The van der Waals surface area contributed by atoms with Crippen molar-refractivity contribution in [2.24, 2.45) is 0 Å². The zero-order chi connectivity index (χ0) is 40.8. The van der Waals surface area contributed by atoms with Crippen molar-refractivity contribution < 1.29 is 60.5 Å². The Morgan fingerprint density at radius 3 is 0.618 bits per heavy atom. The fraction of sp³-hybridized carbons (Fsp3) is 0.0250. The maximum atomic E-state index is 10.7. The van der Waals surface area contributed by atoms with E-state index < -0.39 is 31.5 Å². The SMILES string of the molecule is N=O.O=S(=O)([O-])C(F)(F)F.[C-]#[O+].[C-]#[O+].[C-]#[O+].[Re].c1ccc(P(c2ccccc2)c2ccccc2)cc1.c1ccc(P(c2ccccc2)c2ccccc2)cc1. The standard InChI is InChI=1S/2C18H15P.CHF3O3S.3CO.HNO.Re/c2*1-4-10-16(11-5-1)19(17-12-6-2-7-13-17)18-14-8-3-9-15-18;2-1(3,4)8(5,6)7;4*1-2;/h2*1-15H;(H,5,6,7);;;;1H;/p-1. The first-order chi connectivity index (χ1) is 26.1. The van der Waals surface area contributed by atoms with Crippen LogP contribution < -0.4 is 31.8 Å². The number of nitroso groups, excluding NO2 is 1. The van der Waals surface area contributed by atoms with Crippen molar-refractivity contribution in [1.29, 1.82) is 5.59 Å². The van der Waals surface area contributed by atoms with Crippen LogP contribution in [0.2, 0.25) is 0 Å². The number of hydrogen-bond acceptors (Lipinski definition) is 5. The summed E-state index contributed by atoms with van der Waals surface area (Å²) >= 11 is 0. The van der Waals surface area contributed by atoms with E-state index in [-0.39, 0.29) is 20.4 Å². The molecule has 0 saturated carbocycles. The minimum absolute atomic E-state index is 0. The van der Waals surface area contributed by atoms with Crippen molar-refractivity contribution in [1.82, 2.24) is 0 Å². The molecular formula is C40H31F3NO7P2ReS-. The Kier molecular flexibility index (Phi) is 29.3. The molecular weight excluding hydrogens is 944 g/mol. The van der Waals surface area contributed by atoms with Gasteiger partial charge in [0.1, 0.15) is 0 Å². The summed E-state index contributed by atoms with van der Waals surface area (Å²) in [5.74, 6) is 0. The fourth-order valence-electron chi connectivity index (χ4n) is 4.36. The van der Waals surface area contributed by atoms with Gasteiger partial charge in [-0.1, -0.05) is 188 Å². The van der Waals surface area contributed by atoms with Gasteiger partial charge in [-0.3, -0.25) is 0 Å². The zero-order valence-electron chi connectivity index (χ0n) is 28.5. The average molecular weight is 975 g/mol. The van der Waals surface area contributed by atoms with Crippen molar-refractivity contribution >= 4 is 57.8 Å².